The van der Waals surface area contributed by atoms with E-state index in [-0.39, 0.29) is 6.04 Å². The highest BCUT2D eigenvalue weighted by Crippen LogP contribution is 2.36. The van der Waals surface area contributed by atoms with Crippen LogP contribution < -0.4 is 5.32 Å². The van der Waals surface area contributed by atoms with Crippen molar-refractivity contribution in [1.82, 2.24) is 0 Å². The second-order valence-corrected chi connectivity index (χ2v) is 5.85. The van der Waals surface area contributed by atoms with Crippen LogP contribution in [0.4, 0.5) is 5.69 Å². The summed E-state index contributed by atoms with van der Waals surface area (Å²) in [5.74, 6) is -0.898. The van der Waals surface area contributed by atoms with E-state index in [4.69, 9.17) is 16.7 Å². The Morgan fingerprint density at radius 2 is 2.10 bits per heavy atom. The van der Waals surface area contributed by atoms with Crippen LogP contribution in [0, 0.1) is 6.92 Å². The van der Waals surface area contributed by atoms with Crippen LogP contribution in [0.3, 0.4) is 0 Å². The molecule has 0 amide bonds. The van der Waals surface area contributed by atoms with Crippen LogP contribution in [0.2, 0.25) is 5.02 Å². The van der Waals surface area contributed by atoms with Gasteiger partial charge >= 0.3 is 5.97 Å². The zero-order valence-corrected chi connectivity index (χ0v) is 12.4. The third-order valence-corrected chi connectivity index (χ3v) is 4.22. The number of hydrogen-bond donors (Lipinski definition) is 2. The SMILES string of the molecule is Cc1cc(C(=O)O)ccc1NC1CCc2cc(Cl)ccc21. The molecule has 0 radical (unpaired) electrons. The fourth-order valence-corrected chi connectivity index (χ4v) is 3.08. The lowest BCUT2D eigenvalue weighted by Crippen LogP contribution is -2.09. The van der Waals surface area contributed by atoms with E-state index in [0.717, 1.165) is 29.1 Å². The monoisotopic (exact) mass is 301 g/mol. The van der Waals surface area contributed by atoms with Crippen LogP contribution in [0.15, 0.2) is 36.4 Å². The first-order valence-corrected chi connectivity index (χ1v) is 7.31. The highest BCUT2D eigenvalue weighted by molar-refractivity contribution is 6.30. The standard InChI is InChI=1S/C17H16ClNO2/c1-10-8-12(17(20)21)3-6-15(10)19-16-7-2-11-9-13(18)4-5-14(11)16/h3-6,8-9,16,19H,2,7H2,1H3,(H,20,21). The van der Waals surface area contributed by atoms with Crippen molar-refractivity contribution in [3.05, 3.63) is 63.7 Å². The molecule has 4 heteroatoms. The molecule has 2 aromatic rings. The number of benzene rings is 2. The summed E-state index contributed by atoms with van der Waals surface area (Å²) >= 11 is 6.03. The topological polar surface area (TPSA) is 49.3 Å². The van der Waals surface area contributed by atoms with Crippen molar-refractivity contribution in [1.29, 1.82) is 0 Å². The van der Waals surface area contributed by atoms with Crippen LogP contribution in [0.25, 0.3) is 0 Å². The summed E-state index contributed by atoms with van der Waals surface area (Å²) in [6, 6.07) is 11.4. The van der Waals surface area contributed by atoms with Crippen molar-refractivity contribution >= 4 is 23.3 Å². The van der Waals surface area contributed by atoms with Crippen molar-refractivity contribution in [2.45, 2.75) is 25.8 Å². The van der Waals surface area contributed by atoms with E-state index in [0.29, 0.717) is 5.56 Å². The number of carboxylic acids is 1. The smallest absolute Gasteiger partial charge is 0.335 e. The molecular formula is C17H16ClNO2. The summed E-state index contributed by atoms with van der Waals surface area (Å²) in [7, 11) is 0. The molecule has 0 saturated carbocycles. The van der Waals surface area contributed by atoms with Gasteiger partial charge in [0.1, 0.15) is 0 Å². The Balaban J connectivity index is 1.84. The number of fused-ring (bicyclic) bond motifs is 1. The number of carboxylic acid groups (broad SMARTS) is 1. The summed E-state index contributed by atoms with van der Waals surface area (Å²) in [5, 5.41) is 13.3. The van der Waals surface area contributed by atoms with Gasteiger partial charge in [0.25, 0.3) is 0 Å². The normalized spacial score (nSPS) is 16.6. The Morgan fingerprint density at radius 3 is 2.81 bits per heavy atom. The fourth-order valence-electron chi connectivity index (χ4n) is 2.88. The number of hydrogen-bond acceptors (Lipinski definition) is 2. The van der Waals surface area contributed by atoms with E-state index in [2.05, 4.69) is 11.4 Å². The van der Waals surface area contributed by atoms with Crippen molar-refractivity contribution in [2.24, 2.45) is 0 Å². The molecule has 2 aromatic carbocycles. The number of aryl methyl sites for hydroxylation is 2. The summed E-state index contributed by atoms with van der Waals surface area (Å²) in [6.07, 6.45) is 2.04. The minimum Gasteiger partial charge on any atom is -0.478 e. The summed E-state index contributed by atoms with van der Waals surface area (Å²) < 4.78 is 0. The minimum atomic E-state index is -0.898. The molecule has 0 aliphatic heterocycles. The molecule has 2 N–H and O–H groups in total. The van der Waals surface area contributed by atoms with Gasteiger partial charge in [0.2, 0.25) is 0 Å². The van der Waals surface area contributed by atoms with Crippen LogP contribution >= 0.6 is 11.6 Å². The average Bonchev–Trinajstić information content (AvgIpc) is 2.83. The summed E-state index contributed by atoms with van der Waals surface area (Å²) in [4.78, 5) is 11.0. The number of carbonyl (C=O) groups is 1. The fraction of sp³-hybridized carbons (Fsp3) is 0.235. The van der Waals surface area contributed by atoms with E-state index in [1.165, 1.54) is 11.1 Å². The molecule has 108 valence electrons. The second-order valence-electron chi connectivity index (χ2n) is 5.41. The third-order valence-electron chi connectivity index (χ3n) is 3.99. The predicted molar refractivity (Wildman–Crippen MR) is 84.3 cm³/mol. The highest BCUT2D eigenvalue weighted by Gasteiger charge is 2.22. The van der Waals surface area contributed by atoms with Crippen LogP contribution in [-0.2, 0) is 6.42 Å². The predicted octanol–water partition coefficient (Wildman–Crippen LogP) is 4.45. The van der Waals surface area contributed by atoms with Crippen molar-refractivity contribution in [3.63, 3.8) is 0 Å². The molecule has 3 rings (SSSR count). The lowest BCUT2D eigenvalue weighted by Gasteiger charge is -2.17. The molecule has 1 unspecified atom stereocenters. The lowest BCUT2D eigenvalue weighted by molar-refractivity contribution is 0.0697. The molecule has 0 aromatic heterocycles. The maximum atomic E-state index is 11.0. The first kappa shape index (κ1) is 14.0. The molecule has 0 spiro atoms. The molecule has 0 bridgehead atoms. The molecule has 0 fully saturated rings. The van der Waals surface area contributed by atoms with Gasteiger partial charge in [-0.05, 0) is 66.8 Å². The highest BCUT2D eigenvalue weighted by atomic mass is 35.5. The lowest BCUT2D eigenvalue weighted by atomic mass is 10.1. The number of anilines is 1. The van der Waals surface area contributed by atoms with Gasteiger partial charge in [-0.15, -0.1) is 0 Å². The van der Waals surface area contributed by atoms with Gasteiger partial charge in [0.05, 0.1) is 11.6 Å². The number of halogens is 1. The molecule has 1 atom stereocenters. The molecule has 1 aliphatic carbocycles. The number of nitrogens with one attached hydrogen (secondary N) is 1. The van der Waals surface area contributed by atoms with Crippen LogP contribution in [-0.4, -0.2) is 11.1 Å². The van der Waals surface area contributed by atoms with Crippen LogP contribution in [0.5, 0.6) is 0 Å². The molecule has 0 saturated heterocycles. The largest absolute Gasteiger partial charge is 0.478 e. The van der Waals surface area contributed by atoms with E-state index in [1.807, 2.05) is 25.1 Å². The molecule has 3 nitrogen and oxygen atoms in total. The van der Waals surface area contributed by atoms with E-state index < -0.39 is 5.97 Å². The Kier molecular flexibility index (Phi) is 3.60. The molecule has 0 heterocycles. The number of aromatic carboxylic acids is 1. The minimum absolute atomic E-state index is 0.256. The maximum Gasteiger partial charge on any atom is 0.335 e. The summed E-state index contributed by atoms with van der Waals surface area (Å²) in [5.41, 5.74) is 4.81. The zero-order chi connectivity index (χ0) is 15.0. The molecular weight excluding hydrogens is 286 g/mol. The first-order valence-electron chi connectivity index (χ1n) is 6.93. The van der Waals surface area contributed by atoms with E-state index >= 15 is 0 Å². The van der Waals surface area contributed by atoms with Gasteiger partial charge in [0, 0.05) is 10.7 Å². The van der Waals surface area contributed by atoms with E-state index in [1.54, 1.807) is 12.1 Å². The van der Waals surface area contributed by atoms with Gasteiger partial charge < -0.3 is 10.4 Å². The Hall–Kier alpha value is -2.00. The van der Waals surface area contributed by atoms with Gasteiger partial charge in [-0.1, -0.05) is 17.7 Å². The van der Waals surface area contributed by atoms with Crippen LogP contribution in [0.1, 0.15) is 39.5 Å². The van der Waals surface area contributed by atoms with Gasteiger partial charge in [-0.25, -0.2) is 4.79 Å². The second kappa shape index (κ2) is 5.41. The van der Waals surface area contributed by atoms with Gasteiger partial charge in [-0.2, -0.15) is 0 Å². The van der Waals surface area contributed by atoms with Crippen molar-refractivity contribution in [2.75, 3.05) is 5.32 Å². The Labute approximate surface area is 128 Å². The Bertz CT molecular complexity index is 712. The zero-order valence-electron chi connectivity index (χ0n) is 11.7. The van der Waals surface area contributed by atoms with Crippen molar-refractivity contribution in [3.8, 4) is 0 Å². The molecule has 21 heavy (non-hydrogen) atoms. The maximum absolute atomic E-state index is 11.0. The van der Waals surface area contributed by atoms with Gasteiger partial charge in [0.15, 0.2) is 0 Å². The van der Waals surface area contributed by atoms with Crippen molar-refractivity contribution < 1.29 is 9.90 Å². The first-order chi connectivity index (χ1) is 10.0. The third kappa shape index (κ3) is 2.74. The quantitative estimate of drug-likeness (QED) is 0.881. The average molecular weight is 302 g/mol. The number of rotatable bonds is 3. The summed E-state index contributed by atoms with van der Waals surface area (Å²) in [6.45, 7) is 1.92. The van der Waals surface area contributed by atoms with E-state index in [9.17, 15) is 4.79 Å². The Morgan fingerprint density at radius 1 is 1.29 bits per heavy atom. The molecule has 1 aliphatic rings. The van der Waals surface area contributed by atoms with Gasteiger partial charge in [-0.3, -0.25) is 0 Å².